The third-order valence-electron chi connectivity index (χ3n) is 2.11. The minimum atomic E-state index is 0.291. The molecule has 1 aromatic carbocycles. The molecule has 0 bridgehead atoms. The molecule has 2 rings (SSSR count). The highest BCUT2D eigenvalue weighted by atomic mass is 79.9. The van der Waals surface area contributed by atoms with E-state index in [-0.39, 0.29) is 0 Å². The van der Waals surface area contributed by atoms with Crippen molar-refractivity contribution in [3.8, 4) is 11.6 Å². The number of H-pyrrole nitrogens is 1. The van der Waals surface area contributed by atoms with Crippen molar-refractivity contribution in [2.45, 2.75) is 6.92 Å². The maximum Gasteiger partial charge on any atom is 0.238 e. The summed E-state index contributed by atoms with van der Waals surface area (Å²) in [7, 11) is 0. The van der Waals surface area contributed by atoms with Gasteiger partial charge >= 0.3 is 0 Å². The summed E-state index contributed by atoms with van der Waals surface area (Å²) in [6.45, 7) is 1.90. The van der Waals surface area contributed by atoms with Crippen molar-refractivity contribution >= 4 is 33.1 Å². The molecular formula is C11H10BrN3OS. The summed E-state index contributed by atoms with van der Waals surface area (Å²) in [5.74, 6) is 1.07. The van der Waals surface area contributed by atoms with E-state index in [0.29, 0.717) is 22.2 Å². The third-order valence-corrected chi connectivity index (χ3v) is 2.82. The highest BCUT2D eigenvalue weighted by Crippen LogP contribution is 2.27. The number of nitrogens with one attached hydrogen (secondary N) is 1. The second-order valence-electron chi connectivity index (χ2n) is 3.50. The number of nitrogens with zero attached hydrogens (tertiary/aromatic N) is 1. The summed E-state index contributed by atoms with van der Waals surface area (Å²) in [6, 6.07) is 7.27. The fraction of sp³-hybridized carbons (Fsp3) is 0.0909. The summed E-state index contributed by atoms with van der Waals surface area (Å²) in [5.41, 5.74) is 7.24. The second-order valence-corrected chi connectivity index (χ2v) is 4.85. The molecule has 0 aliphatic rings. The molecule has 1 heterocycles. The topological polar surface area (TPSA) is 63.9 Å². The Labute approximate surface area is 112 Å². The van der Waals surface area contributed by atoms with Crippen LogP contribution in [0.4, 0.5) is 0 Å². The molecule has 0 radical (unpaired) electrons. The number of halogens is 1. The number of rotatable bonds is 3. The molecule has 0 fully saturated rings. The first-order valence-electron chi connectivity index (χ1n) is 4.85. The zero-order chi connectivity index (χ0) is 12.4. The summed E-state index contributed by atoms with van der Waals surface area (Å²) in [6.07, 6.45) is 0. The van der Waals surface area contributed by atoms with E-state index < -0.39 is 0 Å². The first kappa shape index (κ1) is 12.1. The van der Waals surface area contributed by atoms with Gasteiger partial charge in [-0.15, -0.1) is 5.10 Å². The zero-order valence-electron chi connectivity index (χ0n) is 9.03. The predicted octanol–water partition coefficient (Wildman–Crippen LogP) is 2.91. The van der Waals surface area contributed by atoms with Crippen LogP contribution in [0.1, 0.15) is 11.3 Å². The highest BCUT2D eigenvalue weighted by Gasteiger charge is 2.09. The molecule has 17 heavy (non-hydrogen) atoms. The number of thiocarbonyl (C=S) groups is 1. The number of aryl methyl sites for hydroxylation is 1. The molecule has 0 amide bonds. The first-order valence-corrected chi connectivity index (χ1v) is 6.05. The standard InChI is InChI=1S/C11H10BrN3OS/c1-6-4-10(15-14-6)16-9-5-7(12)2-3-8(9)11(13)17/h2-5H,1H3,(H2,13,17)(H,14,15). The van der Waals surface area contributed by atoms with Gasteiger partial charge in [0, 0.05) is 16.2 Å². The molecule has 0 unspecified atom stereocenters. The Morgan fingerprint density at radius 3 is 2.82 bits per heavy atom. The van der Waals surface area contributed by atoms with Crippen LogP contribution in [-0.4, -0.2) is 15.2 Å². The molecule has 88 valence electrons. The molecule has 0 saturated heterocycles. The van der Waals surface area contributed by atoms with Crippen LogP contribution in [-0.2, 0) is 0 Å². The lowest BCUT2D eigenvalue weighted by atomic mass is 10.2. The highest BCUT2D eigenvalue weighted by molar-refractivity contribution is 9.10. The molecular weight excluding hydrogens is 302 g/mol. The molecule has 2 aromatic rings. The SMILES string of the molecule is Cc1cc(Oc2cc(Br)ccc2C(N)=S)n[nH]1. The van der Waals surface area contributed by atoms with Crippen molar-refractivity contribution in [3.05, 3.63) is 40.0 Å². The maximum atomic E-state index is 5.63. The number of aromatic nitrogens is 2. The molecule has 0 aliphatic carbocycles. The van der Waals surface area contributed by atoms with E-state index in [0.717, 1.165) is 10.2 Å². The Kier molecular flexibility index (Phi) is 3.44. The molecule has 0 aliphatic heterocycles. The van der Waals surface area contributed by atoms with E-state index in [2.05, 4.69) is 26.1 Å². The summed E-state index contributed by atoms with van der Waals surface area (Å²) in [5, 5.41) is 6.80. The predicted molar refractivity (Wildman–Crippen MR) is 73.4 cm³/mol. The molecule has 4 nitrogen and oxygen atoms in total. The van der Waals surface area contributed by atoms with Crippen LogP contribution in [0.5, 0.6) is 11.6 Å². The Morgan fingerprint density at radius 2 is 2.24 bits per heavy atom. The average molecular weight is 312 g/mol. The van der Waals surface area contributed by atoms with Crippen LogP contribution in [0, 0.1) is 6.92 Å². The molecule has 3 N–H and O–H groups in total. The largest absolute Gasteiger partial charge is 0.437 e. The Balaban J connectivity index is 2.37. The fourth-order valence-electron chi connectivity index (χ4n) is 1.34. The van der Waals surface area contributed by atoms with Gasteiger partial charge in [-0.3, -0.25) is 5.10 Å². The van der Waals surface area contributed by atoms with Gasteiger partial charge in [-0.2, -0.15) is 0 Å². The van der Waals surface area contributed by atoms with E-state index in [9.17, 15) is 0 Å². The number of hydrogen-bond acceptors (Lipinski definition) is 3. The third kappa shape index (κ3) is 2.83. The van der Waals surface area contributed by atoms with E-state index in [4.69, 9.17) is 22.7 Å². The minimum Gasteiger partial charge on any atom is -0.437 e. The minimum absolute atomic E-state index is 0.291. The molecule has 0 saturated carbocycles. The van der Waals surface area contributed by atoms with Crippen molar-refractivity contribution in [3.63, 3.8) is 0 Å². The summed E-state index contributed by atoms with van der Waals surface area (Å²) >= 11 is 8.34. The lowest BCUT2D eigenvalue weighted by Crippen LogP contribution is -2.10. The zero-order valence-corrected chi connectivity index (χ0v) is 11.4. The Hall–Kier alpha value is -1.40. The number of aromatic amines is 1. The normalized spacial score (nSPS) is 10.2. The van der Waals surface area contributed by atoms with Crippen LogP contribution in [0.3, 0.4) is 0 Å². The second kappa shape index (κ2) is 4.85. The Bertz CT molecular complexity index is 568. The average Bonchev–Trinajstić information content (AvgIpc) is 2.63. The van der Waals surface area contributed by atoms with Gasteiger partial charge in [0.2, 0.25) is 5.88 Å². The van der Waals surface area contributed by atoms with Gasteiger partial charge in [0.25, 0.3) is 0 Å². The van der Waals surface area contributed by atoms with Gasteiger partial charge in [0.05, 0.1) is 5.56 Å². The molecule has 1 aromatic heterocycles. The summed E-state index contributed by atoms with van der Waals surface area (Å²) < 4.78 is 6.52. The molecule has 6 heteroatoms. The van der Waals surface area contributed by atoms with E-state index >= 15 is 0 Å². The summed E-state index contributed by atoms with van der Waals surface area (Å²) in [4.78, 5) is 0.291. The maximum absolute atomic E-state index is 5.63. The smallest absolute Gasteiger partial charge is 0.238 e. The number of benzene rings is 1. The van der Waals surface area contributed by atoms with Crippen molar-refractivity contribution in [1.82, 2.24) is 10.2 Å². The van der Waals surface area contributed by atoms with Crippen LogP contribution >= 0.6 is 28.1 Å². The molecule has 0 atom stereocenters. The van der Waals surface area contributed by atoms with Crippen LogP contribution in [0.2, 0.25) is 0 Å². The van der Waals surface area contributed by atoms with Crippen molar-refractivity contribution in [2.24, 2.45) is 5.73 Å². The van der Waals surface area contributed by atoms with Gasteiger partial charge in [-0.1, -0.05) is 28.1 Å². The van der Waals surface area contributed by atoms with Gasteiger partial charge in [0.1, 0.15) is 10.7 Å². The number of nitrogens with two attached hydrogens (primary N) is 1. The quantitative estimate of drug-likeness (QED) is 0.855. The molecule has 0 spiro atoms. The van der Waals surface area contributed by atoms with Gasteiger partial charge in [0.15, 0.2) is 0 Å². The van der Waals surface area contributed by atoms with Crippen LogP contribution < -0.4 is 10.5 Å². The lowest BCUT2D eigenvalue weighted by molar-refractivity contribution is 0.460. The number of ether oxygens (including phenoxy) is 1. The fourth-order valence-corrected chi connectivity index (χ4v) is 1.85. The van der Waals surface area contributed by atoms with Crippen molar-refractivity contribution in [2.75, 3.05) is 0 Å². The first-order chi connectivity index (χ1) is 8.06. The van der Waals surface area contributed by atoms with E-state index in [1.807, 2.05) is 13.0 Å². The van der Waals surface area contributed by atoms with Crippen LogP contribution in [0.25, 0.3) is 0 Å². The van der Waals surface area contributed by atoms with Gasteiger partial charge < -0.3 is 10.5 Å². The number of hydrogen-bond donors (Lipinski definition) is 2. The van der Waals surface area contributed by atoms with Gasteiger partial charge in [-0.25, -0.2) is 0 Å². The van der Waals surface area contributed by atoms with E-state index in [1.54, 1.807) is 18.2 Å². The Morgan fingerprint density at radius 1 is 1.47 bits per heavy atom. The van der Waals surface area contributed by atoms with Gasteiger partial charge in [-0.05, 0) is 25.1 Å². The van der Waals surface area contributed by atoms with E-state index in [1.165, 1.54) is 0 Å². The van der Waals surface area contributed by atoms with Crippen LogP contribution in [0.15, 0.2) is 28.7 Å². The van der Waals surface area contributed by atoms with Crippen molar-refractivity contribution < 1.29 is 4.74 Å². The van der Waals surface area contributed by atoms with Crippen molar-refractivity contribution in [1.29, 1.82) is 0 Å². The monoisotopic (exact) mass is 311 g/mol. The lowest BCUT2D eigenvalue weighted by Gasteiger charge is -2.08.